The highest BCUT2D eigenvalue weighted by molar-refractivity contribution is 5.49. The van der Waals surface area contributed by atoms with Crippen LogP contribution in [0.25, 0.3) is 0 Å². The van der Waals surface area contributed by atoms with E-state index in [1.807, 2.05) is 0 Å². The summed E-state index contributed by atoms with van der Waals surface area (Å²) >= 11 is 0. The summed E-state index contributed by atoms with van der Waals surface area (Å²) in [5.41, 5.74) is 0.475. The van der Waals surface area contributed by atoms with Crippen LogP contribution in [-0.4, -0.2) is 20.4 Å². The van der Waals surface area contributed by atoms with Crippen molar-refractivity contribution in [2.24, 2.45) is 0 Å². The van der Waals surface area contributed by atoms with Crippen LogP contribution in [0.15, 0.2) is 48.5 Å². The Labute approximate surface area is 126 Å². The van der Waals surface area contributed by atoms with Crippen molar-refractivity contribution in [2.45, 2.75) is 12.2 Å². The van der Waals surface area contributed by atoms with Crippen LogP contribution in [0.5, 0.6) is 11.5 Å². The van der Waals surface area contributed by atoms with Gasteiger partial charge < -0.3 is 14.8 Å². The van der Waals surface area contributed by atoms with Crippen LogP contribution in [-0.2, 0) is 0 Å². The molecule has 2 aromatic carbocycles. The Morgan fingerprint density at radius 1 is 0.818 bits per heavy atom. The molecule has 0 bridgehead atoms. The number of hydrogen-bond acceptors (Lipinski definition) is 3. The zero-order chi connectivity index (χ0) is 16.2. The molecular weight excluding hydrogens is 295 g/mol. The third kappa shape index (κ3) is 3.84. The second kappa shape index (κ2) is 6.60. The fourth-order valence-electron chi connectivity index (χ4n) is 2.00. The molecular formula is C16H16F3NO2. The first-order chi connectivity index (χ1) is 10.4. The highest BCUT2D eigenvalue weighted by Gasteiger charge is 2.40. The summed E-state index contributed by atoms with van der Waals surface area (Å²) in [7, 11) is 2.96. The summed E-state index contributed by atoms with van der Waals surface area (Å²) in [5.74, 6) is 1.09. The van der Waals surface area contributed by atoms with Gasteiger partial charge in [-0.2, -0.15) is 13.2 Å². The molecule has 0 fully saturated rings. The predicted octanol–water partition coefficient (Wildman–Crippen LogP) is 4.42. The lowest BCUT2D eigenvalue weighted by Crippen LogP contribution is -2.27. The maximum atomic E-state index is 13.3. The number of halogens is 3. The maximum absolute atomic E-state index is 13.3. The molecule has 0 spiro atoms. The molecule has 1 atom stereocenters. The largest absolute Gasteiger partial charge is 0.497 e. The molecule has 6 heteroatoms. The zero-order valence-electron chi connectivity index (χ0n) is 12.1. The van der Waals surface area contributed by atoms with Crippen molar-refractivity contribution in [2.75, 3.05) is 19.5 Å². The van der Waals surface area contributed by atoms with Gasteiger partial charge in [-0.05, 0) is 42.0 Å². The third-order valence-corrected chi connectivity index (χ3v) is 3.18. The van der Waals surface area contributed by atoms with Gasteiger partial charge in [0.2, 0.25) is 0 Å². The van der Waals surface area contributed by atoms with Crippen molar-refractivity contribution in [1.82, 2.24) is 0 Å². The molecule has 0 radical (unpaired) electrons. The van der Waals surface area contributed by atoms with Gasteiger partial charge in [0.1, 0.15) is 17.5 Å². The van der Waals surface area contributed by atoms with Crippen molar-refractivity contribution in [3.05, 3.63) is 54.1 Å². The smallest absolute Gasteiger partial charge is 0.412 e. The van der Waals surface area contributed by atoms with Crippen LogP contribution in [0.2, 0.25) is 0 Å². The van der Waals surface area contributed by atoms with Gasteiger partial charge in [-0.3, -0.25) is 0 Å². The molecule has 2 aromatic rings. The summed E-state index contributed by atoms with van der Waals surface area (Å²) in [6, 6.07) is 10.3. The molecule has 0 aliphatic heterocycles. The van der Waals surface area contributed by atoms with E-state index in [0.717, 1.165) is 0 Å². The standard InChI is InChI=1S/C16H16F3NO2/c1-21-13-7-3-11(4-8-13)15(16(17,18)19)20-12-5-9-14(22-2)10-6-12/h3-10,15,20H,1-2H3/t15-/m0/s1. The van der Waals surface area contributed by atoms with Gasteiger partial charge in [0.25, 0.3) is 0 Å². The molecule has 0 aliphatic rings. The summed E-state index contributed by atoms with van der Waals surface area (Å²) in [6.45, 7) is 0. The van der Waals surface area contributed by atoms with E-state index in [9.17, 15) is 13.2 Å². The average molecular weight is 311 g/mol. The minimum Gasteiger partial charge on any atom is -0.497 e. The highest BCUT2D eigenvalue weighted by atomic mass is 19.4. The number of ether oxygens (including phenoxy) is 2. The fourth-order valence-corrected chi connectivity index (χ4v) is 2.00. The normalized spacial score (nSPS) is 12.6. The van der Waals surface area contributed by atoms with Gasteiger partial charge in [0.15, 0.2) is 0 Å². The van der Waals surface area contributed by atoms with E-state index in [-0.39, 0.29) is 5.56 Å². The number of hydrogen-bond donors (Lipinski definition) is 1. The van der Waals surface area contributed by atoms with Crippen LogP contribution in [0.1, 0.15) is 11.6 Å². The number of benzene rings is 2. The summed E-state index contributed by atoms with van der Waals surface area (Å²) in [5, 5.41) is 2.50. The lowest BCUT2D eigenvalue weighted by atomic mass is 10.1. The number of rotatable bonds is 5. The Bertz CT molecular complexity index is 594. The molecule has 0 aromatic heterocycles. The van der Waals surface area contributed by atoms with Crippen LogP contribution < -0.4 is 14.8 Å². The van der Waals surface area contributed by atoms with Gasteiger partial charge in [-0.15, -0.1) is 0 Å². The first kappa shape index (κ1) is 16.0. The Hall–Kier alpha value is -2.37. The van der Waals surface area contributed by atoms with Crippen molar-refractivity contribution >= 4 is 5.69 Å². The van der Waals surface area contributed by atoms with Crippen LogP contribution in [0.3, 0.4) is 0 Å². The van der Waals surface area contributed by atoms with E-state index in [4.69, 9.17) is 9.47 Å². The van der Waals surface area contributed by atoms with E-state index in [2.05, 4.69) is 5.32 Å². The van der Waals surface area contributed by atoms with Crippen LogP contribution in [0, 0.1) is 0 Å². The van der Waals surface area contributed by atoms with Gasteiger partial charge >= 0.3 is 6.18 Å². The molecule has 0 saturated heterocycles. The summed E-state index contributed by atoms with van der Waals surface area (Å²) < 4.78 is 49.9. The van der Waals surface area contributed by atoms with E-state index in [0.29, 0.717) is 17.2 Å². The first-order valence-corrected chi connectivity index (χ1v) is 6.55. The summed E-state index contributed by atoms with van der Waals surface area (Å²) in [4.78, 5) is 0. The molecule has 3 nitrogen and oxygen atoms in total. The van der Waals surface area contributed by atoms with E-state index < -0.39 is 12.2 Å². The molecule has 0 saturated carbocycles. The molecule has 0 amide bonds. The van der Waals surface area contributed by atoms with Crippen molar-refractivity contribution in [3.8, 4) is 11.5 Å². The lowest BCUT2D eigenvalue weighted by molar-refractivity contribution is -0.144. The SMILES string of the molecule is COc1ccc(N[C@@H](c2ccc(OC)cc2)C(F)(F)F)cc1. The van der Waals surface area contributed by atoms with Gasteiger partial charge in [0, 0.05) is 5.69 Å². The van der Waals surface area contributed by atoms with Crippen LogP contribution >= 0.6 is 0 Å². The molecule has 2 rings (SSSR count). The second-order valence-corrected chi connectivity index (χ2v) is 4.62. The Morgan fingerprint density at radius 3 is 1.68 bits per heavy atom. The molecule has 22 heavy (non-hydrogen) atoms. The Balaban J connectivity index is 2.25. The van der Waals surface area contributed by atoms with Crippen LogP contribution in [0.4, 0.5) is 18.9 Å². The Morgan fingerprint density at radius 2 is 1.27 bits per heavy atom. The van der Waals surface area contributed by atoms with Gasteiger partial charge in [-0.25, -0.2) is 0 Å². The number of nitrogens with one attached hydrogen (secondary N) is 1. The number of methoxy groups -OCH3 is 2. The summed E-state index contributed by atoms with van der Waals surface area (Å²) in [6.07, 6.45) is -4.42. The number of alkyl halides is 3. The quantitative estimate of drug-likeness (QED) is 0.886. The highest BCUT2D eigenvalue weighted by Crippen LogP contribution is 2.36. The second-order valence-electron chi connectivity index (χ2n) is 4.62. The monoisotopic (exact) mass is 311 g/mol. The molecule has 118 valence electrons. The first-order valence-electron chi connectivity index (χ1n) is 6.55. The molecule has 0 unspecified atom stereocenters. The average Bonchev–Trinajstić information content (AvgIpc) is 2.52. The number of anilines is 1. The van der Waals surface area contributed by atoms with Crippen molar-refractivity contribution < 1.29 is 22.6 Å². The topological polar surface area (TPSA) is 30.5 Å². The lowest BCUT2D eigenvalue weighted by Gasteiger charge is -2.23. The minimum atomic E-state index is -4.42. The van der Waals surface area contributed by atoms with E-state index in [1.54, 1.807) is 24.3 Å². The molecule has 0 heterocycles. The predicted molar refractivity (Wildman–Crippen MR) is 78.4 cm³/mol. The maximum Gasteiger partial charge on any atom is 0.412 e. The van der Waals surface area contributed by atoms with E-state index >= 15 is 0 Å². The Kier molecular flexibility index (Phi) is 4.80. The minimum absolute atomic E-state index is 0.115. The zero-order valence-corrected chi connectivity index (χ0v) is 12.1. The molecule has 0 aliphatic carbocycles. The van der Waals surface area contributed by atoms with Crippen molar-refractivity contribution in [3.63, 3.8) is 0 Å². The van der Waals surface area contributed by atoms with Crippen molar-refractivity contribution in [1.29, 1.82) is 0 Å². The van der Waals surface area contributed by atoms with Gasteiger partial charge in [-0.1, -0.05) is 12.1 Å². The molecule has 1 N–H and O–H groups in total. The fraction of sp³-hybridized carbons (Fsp3) is 0.250. The third-order valence-electron chi connectivity index (χ3n) is 3.18. The van der Waals surface area contributed by atoms with E-state index in [1.165, 1.54) is 38.5 Å². The van der Waals surface area contributed by atoms with Gasteiger partial charge in [0.05, 0.1) is 14.2 Å².